The quantitative estimate of drug-likeness (QED) is 0.817. The van der Waals surface area contributed by atoms with Gasteiger partial charge in [0.2, 0.25) is 0 Å². The van der Waals surface area contributed by atoms with Crippen molar-refractivity contribution in [2.24, 2.45) is 0 Å². The third kappa shape index (κ3) is 2.53. The van der Waals surface area contributed by atoms with E-state index in [0.29, 0.717) is 6.42 Å². The lowest BCUT2D eigenvalue weighted by Crippen LogP contribution is -2.19. The van der Waals surface area contributed by atoms with Crippen molar-refractivity contribution in [3.05, 3.63) is 51.9 Å². The van der Waals surface area contributed by atoms with E-state index >= 15 is 0 Å². The molecule has 1 aromatic heterocycles. The summed E-state index contributed by atoms with van der Waals surface area (Å²) in [6, 6.07) is 9.61. The molecule has 0 amide bonds. The molecule has 1 N–H and O–H groups in total. The van der Waals surface area contributed by atoms with Crippen molar-refractivity contribution in [1.29, 1.82) is 0 Å². The van der Waals surface area contributed by atoms with E-state index in [0.717, 1.165) is 23.4 Å². The molecule has 4 heteroatoms. The van der Waals surface area contributed by atoms with Crippen LogP contribution in [0.2, 0.25) is 0 Å². The summed E-state index contributed by atoms with van der Waals surface area (Å²) in [5, 5.41) is 3.36. The highest BCUT2D eigenvalue weighted by Crippen LogP contribution is 2.12. The minimum Gasteiger partial charge on any atom is -0.295 e. The number of aromatic amines is 1. The molecule has 0 radical (unpaired) electrons. The molecule has 1 atom stereocenters. The second kappa shape index (κ2) is 5.48. The molecular formula is C14H18N2OS. The summed E-state index contributed by atoms with van der Waals surface area (Å²) in [5.74, 6) is 0. The SMILES string of the molecule is CCC(S)Cc1c(C)[nH]n(-c2ccccc2)c1=O. The standard InChI is InChI=1S/C14H18N2OS/c1-3-12(18)9-13-10(2)15-16(14(13)17)11-7-5-4-6-8-11/h4-8,12,15,18H,3,9H2,1-2H3. The van der Waals surface area contributed by atoms with Crippen LogP contribution in [0.4, 0.5) is 0 Å². The number of hydrogen-bond acceptors (Lipinski definition) is 2. The Kier molecular flexibility index (Phi) is 3.97. The van der Waals surface area contributed by atoms with Gasteiger partial charge in [-0.2, -0.15) is 12.6 Å². The van der Waals surface area contributed by atoms with Gasteiger partial charge in [0.05, 0.1) is 5.69 Å². The molecule has 0 aliphatic heterocycles. The van der Waals surface area contributed by atoms with E-state index in [2.05, 4.69) is 24.7 Å². The first-order valence-electron chi connectivity index (χ1n) is 6.17. The Morgan fingerprint density at radius 1 is 1.33 bits per heavy atom. The molecule has 18 heavy (non-hydrogen) atoms. The summed E-state index contributed by atoms with van der Waals surface area (Å²) < 4.78 is 1.60. The Bertz CT molecular complexity index is 571. The molecule has 0 bridgehead atoms. The lowest BCUT2D eigenvalue weighted by molar-refractivity contribution is 0.809. The Labute approximate surface area is 112 Å². The number of thiol groups is 1. The zero-order chi connectivity index (χ0) is 13.1. The minimum absolute atomic E-state index is 0.0335. The fourth-order valence-electron chi connectivity index (χ4n) is 1.96. The first kappa shape index (κ1) is 13.0. The van der Waals surface area contributed by atoms with Crippen LogP contribution in [0.25, 0.3) is 5.69 Å². The fourth-order valence-corrected chi connectivity index (χ4v) is 2.14. The molecule has 0 aliphatic rings. The van der Waals surface area contributed by atoms with Crippen molar-refractivity contribution < 1.29 is 0 Å². The lowest BCUT2D eigenvalue weighted by atomic mass is 10.1. The van der Waals surface area contributed by atoms with Crippen LogP contribution in [-0.2, 0) is 6.42 Å². The van der Waals surface area contributed by atoms with Crippen molar-refractivity contribution in [2.75, 3.05) is 0 Å². The van der Waals surface area contributed by atoms with Gasteiger partial charge in [-0.15, -0.1) is 0 Å². The number of H-pyrrole nitrogens is 1. The monoisotopic (exact) mass is 262 g/mol. The predicted octanol–water partition coefficient (Wildman–Crippen LogP) is 2.72. The summed E-state index contributed by atoms with van der Waals surface area (Å²) in [5.41, 5.74) is 2.66. The number of benzene rings is 1. The van der Waals surface area contributed by atoms with E-state index in [4.69, 9.17) is 0 Å². The van der Waals surface area contributed by atoms with Crippen LogP contribution < -0.4 is 5.56 Å². The minimum atomic E-state index is 0.0335. The smallest absolute Gasteiger partial charge is 0.274 e. The molecule has 0 spiro atoms. The third-order valence-corrected chi connectivity index (χ3v) is 3.67. The van der Waals surface area contributed by atoms with Gasteiger partial charge in [-0.1, -0.05) is 25.1 Å². The molecule has 0 saturated carbocycles. The van der Waals surface area contributed by atoms with E-state index in [1.807, 2.05) is 37.3 Å². The lowest BCUT2D eigenvalue weighted by Gasteiger charge is -2.04. The van der Waals surface area contributed by atoms with E-state index in [-0.39, 0.29) is 10.8 Å². The number of nitrogens with one attached hydrogen (secondary N) is 1. The fraction of sp³-hybridized carbons (Fsp3) is 0.357. The van der Waals surface area contributed by atoms with Crippen LogP contribution in [0.5, 0.6) is 0 Å². The van der Waals surface area contributed by atoms with Crippen LogP contribution in [0.15, 0.2) is 35.1 Å². The van der Waals surface area contributed by atoms with Gasteiger partial charge < -0.3 is 0 Å². The largest absolute Gasteiger partial charge is 0.295 e. The van der Waals surface area contributed by atoms with Gasteiger partial charge in [0.25, 0.3) is 5.56 Å². The highest BCUT2D eigenvalue weighted by atomic mass is 32.1. The summed E-state index contributed by atoms with van der Waals surface area (Å²) >= 11 is 4.47. The maximum Gasteiger partial charge on any atom is 0.274 e. The summed E-state index contributed by atoms with van der Waals surface area (Å²) in [7, 11) is 0. The van der Waals surface area contributed by atoms with Gasteiger partial charge in [-0.25, -0.2) is 4.68 Å². The summed E-state index contributed by atoms with van der Waals surface area (Å²) in [6.07, 6.45) is 1.67. The average Bonchev–Trinajstić information content (AvgIpc) is 2.67. The van der Waals surface area contributed by atoms with Crippen molar-refractivity contribution in [3.8, 4) is 5.69 Å². The molecule has 0 saturated heterocycles. The Morgan fingerprint density at radius 2 is 2.00 bits per heavy atom. The normalized spacial score (nSPS) is 12.6. The van der Waals surface area contributed by atoms with Crippen molar-refractivity contribution in [3.63, 3.8) is 0 Å². The molecule has 1 heterocycles. The van der Waals surface area contributed by atoms with Gasteiger partial charge in [-0.05, 0) is 31.9 Å². The molecular weight excluding hydrogens is 244 g/mol. The average molecular weight is 262 g/mol. The first-order chi connectivity index (χ1) is 8.63. The van der Waals surface area contributed by atoms with Gasteiger partial charge in [-0.3, -0.25) is 9.89 Å². The molecule has 96 valence electrons. The van der Waals surface area contributed by atoms with Crippen LogP contribution in [0.3, 0.4) is 0 Å². The molecule has 0 aliphatic carbocycles. The summed E-state index contributed by atoms with van der Waals surface area (Å²) in [4.78, 5) is 12.3. The zero-order valence-corrected chi connectivity index (χ0v) is 11.6. The van der Waals surface area contributed by atoms with E-state index in [9.17, 15) is 4.79 Å². The molecule has 1 aromatic carbocycles. The van der Waals surface area contributed by atoms with E-state index in [1.165, 1.54) is 0 Å². The van der Waals surface area contributed by atoms with E-state index in [1.54, 1.807) is 4.68 Å². The van der Waals surface area contributed by atoms with E-state index < -0.39 is 0 Å². The Morgan fingerprint density at radius 3 is 2.61 bits per heavy atom. The summed E-state index contributed by atoms with van der Waals surface area (Å²) in [6.45, 7) is 4.02. The van der Waals surface area contributed by atoms with Crippen LogP contribution in [0.1, 0.15) is 24.6 Å². The second-order valence-electron chi connectivity index (χ2n) is 4.46. The maximum absolute atomic E-state index is 12.3. The Balaban J connectivity index is 2.41. The number of rotatable bonds is 4. The third-order valence-electron chi connectivity index (χ3n) is 3.12. The van der Waals surface area contributed by atoms with Gasteiger partial charge in [0.15, 0.2) is 0 Å². The van der Waals surface area contributed by atoms with Crippen molar-refractivity contribution >= 4 is 12.6 Å². The number of hydrogen-bond donors (Lipinski definition) is 2. The highest BCUT2D eigenvalue weighted by molar-refractivity contribution is 7.80. The number of para-hydroxylation sites is 1. The second-order valence-corrected chi connectivity index (χ2v) is 5.19. The first-order valence-corrected chi connectivity index (χ1v) is 6.69. The van der Waals surface area contributed by atoms with Gasteiger partial charge >= 0.3 is 0 Å². The number of aromatic nitrogens is 2. The van der Waals surface area contributed by atoms with Crippen LogP contribution in [0, 0.1) is 6.92 Å². The van der Waals surface area contributed by atoms with Crippen molar-refractivity contribution in [1.82, 2.24) is 9.78 Å². The van der Waals surface area contributed by atoms with Crippen molar-refractivity contribution in [2.45, 2.75) is 31.9 Å². The molecule has 0 fully saturated rings. The van der Waals surface area contributed by atoms with Crippen LogP contribution >= 0.6 is 12.6 Å². The maximum atomic E-state index is 12.3. The number of nitrogens with zero attached hydrogens (tertiary/aromatic N) is 1. The van der Waals surface area contributed by atoms with Gasteiger partial charge in [0, 0.05) is 16.5 Å². The molecule has 2 aromatic rings. The highest BCUT2D eigenvalue weighted by Gasteiger charge is 2.14. The zero-order valence-electron chi connectivity index (χ0n) is 10.7. The molecule has 3 nitrogen and oxygen atoms in total. The molecule has 1 unspecified atom stereocenters. The predicted molar refractivity (Wildman–Crippen MR) is 77.9 cm³/mol. The topological polar surface area (TPSA) is 37.8 Å². The molecule has 2 rings (SSSR count). The Hall–Kier alpha value is -1.42. The van der Waals surface area contributed by atoms with Gasteiger partial charge in [0.1, 0.15) is 0 Å². The van der Waals surface area contributed by atoms with Crippen LogP contribution in [-0.4, -0.2) is 15.0 Å². The number of aryl methyl sites for hydroxylation is 1.